The summed E-state index contributed by atoms with van der Waals surface area (Å²) in [5.41, 5.74) is 1.88. The zero-order valence-electron chi connectivity index (χ0n) is 13.9. The number of benzene rings is 1. The molecular weight excluding hydrogens is 371 g/mol. The van der Waals surface area contributed by atoms with Crippen LogP contribution >= 0.6 is 23.1 Å². The van der Waals surface area contributed by atoms with E-state index in [9.17, 15) is 4.39 Å². The molecule has 8 heteroatoms. The zero-order chi connectivity index (χ0) is 17.9. The fourth-order valence-corrected chi connectivity index (χ4v) is 4.33. The highest BCUT2D eigenvalue weighted by molar-refractivity contribution is 7.98. The van der Waals surface area contributed by atoms with Gasteiger partial charge >= 0.3 is 0 Å². The van der Waals surface area contributed by atoms with Crippen LogP contribution in [-0.2, 0) is 12.3 Å². The van der Waals surface area contributed by atoms with Crippen molar-refractivity contribution < 1.29 is 8.81 Å². The minimum atomic E-state index is -0.243. The van der Waals surface area contributed by atoms with Crippen molar-refractivity contribution in [2.24, 2.45) is 0 Å². The third-order valence-corrected chi connectivity index (χ3v) is 5.71. The van der Waals surface area contributed by atoms with Gasteiger partial charge in [0.2, 0.25) is 0 Å². The number of thioether (sulfide) groups is 1. The summed E-state index contributed by atoms with van der Waals surface area (Å²) < 4.78 is 20.5. The largest absolute Gasteiger partial charge is 0.461 e. The molecule has 3 aromatic heterocycles. The Morgan fingerprint density at radius 3 is 2.77 bits per heavy atom. The molecule has 0 fully saturated rings. The van der Waals surface area contributed by atoms with Crippen LogP contribution in [0.15, 0.2) is 57.6 Å². The summed E-state index contributed by atoms with van der Waals surface area (Å²) in [5, 5.41) is 12.3. The van der Waals surface area contributed by atoms with E-state index in [0.29, 0.717) is 11.5 Å². The van der Waals surface area contributed by atoms with Crippen LogP contribution in [0.3, 0.4) is 0 Å². The van der Waals surface area contributed by atoms with Crippen LogP contribution in [0.5, 0.6) is 0 Å². The molecule has 0 N–H and O–H groups in total. The first-order valence-corrected chi connectivity index (χ1v) is 9.91. The smallest absolute Gasteiger partial charge is 0.200 e. The van der Waals surface area contributed by atoms with Crippen molar-refractivity contribution >= 4 is 23.1 Å². The van der Waals surface area contributed by atoms with E-state index >= 15 is 0 Å². The Kier molecular flexibility index (Phi) is 4.85. The second-order valence-electron chi connectivity index (χ2n) is 5.47. The maximum Gasteiger partial charge on any atom is 0.200 e. The van der Waals surface area contributed by atoms with Gasteiger partial charge in [-0.25, -0.2) is 9.37 Å². The molecule has 0 aliphatic rings. The van der Waals surface area contributed by atoms with Crippen LogP contribution in [0.1, 0.15) is 12.6 Å². The van der Waals surface area contributed by atoms with E-state index in [-0.39, 0.29) is 5.82 Å². The SMILES string of the molecule is CCn1c(SCc2csc(-c3ccc(F)cc3)n2)nnc1-c1ccco1. The molecule has 0 amide bonds. The molecule has 0 aliphatic carbocycles. The van der Waals surface area contributed by atoms with Crippen molar-refractivity contribution in [1.82, 2.24) is 19.7 Å². The molecule has 0 unspecified atom stereocenters. The highest BCUT2D eigenvalue weighted by atomic mass is 32.2. The normalized spacial score (nSPS) is 11.2. The quantitative estimate of drug-likeness (QED) is 0.431. The van der Waals surface area contributed by atoms with E-state index in [4.69, 9.17) is 4.42 Å². The van der Waals surface area contributed by atoms with Gasteiger partial charge in [0.25, 0.3) is 0 Å². The van der Waals surface area contributed by atoms with Crippen molar-refractivity contribution in [2.75, 3.05) is 0 Å². The molecule has 0 atom stereocenters. The number of rotatable bonds is 6. The third-order valence-electron chi connectivity index (χ3n) is 3.77. The van der Waals surface area contributed by atoms with Crippen LogP contribution in [0.25, 0.3) is 22.2 Å². The summed E-state index contributed by atoms with van der Waals surface area (Å²) in [6, 6.07) is 10.1. The lowest BCUT2D eigenvalue weighted by molar-refractivity contribution is 0.567. The first kappa shape index (κ1) is 17.0. The van der Waals surface area contributed by atoms with Crippen molar-refractivity contribution in [3.63, 3.8) is 0 Å². The highest BCUT2D eigenvalue weighted by Crippen LogP contribution is 2.29. The molecule has 4 aromatic rings. The number of furan rings is 1. The van der Waals surface area contributed by atoms with Crippen molar-refractivity contribution in [1.29, 1.82) is 0 Å². The van der Waals surface area contributed by atoms with Crippen molar-refractivity contribution in [2.45, 2.75) is 24.4 Å². The minimum Gasteiger partial charge on any atom is -0.461 e. The molecule has 5 nitrogen and oxygen atoms in total. The number of thiazole rings is 1. The van der Waals surface area contributed by atoms with Gasteiger partial charge in [-0.2, -0.15) is 0 Å². The molecule has 0 saturated carbocycles. The molecule has 0 bridgehead atoms. The fourth-order valence-electron chi connectivity index (χ4n) is 2.51. The van der Waals surface area contributed by atoms with Crippen LogP contribution in [-0.4, -0.2) is 19.7 Å². The molecule has 0 saturated heterocycles. The van der Waals surface area contributed by atoms with Crippen LogP contribution in [0.4, 0.5) is 4.39 Å². The van der Waals surface area contributed by atoms with Gasteiger partial charge in [0.15, 0.2) is 16.7 Å². The molecule has 0 spiro atoms. The van der Waals surface area contributed by atoms with E-state index in [1.807, 2.05) is 22.1 Å². The molecule has 26 heavy (non-hydrogen) atoms. The van der Waals surface area contributed by atoms with Gasteiger partial charge < -0.3 is 4.42 Å². The second kappa shape index (κ2) is 7.43. The lowest BCUT2D eigenvalue weighted by atomic mass is 10.2. The maximum atomic E-state index is 13.0. The van der Waals surface area contributed by atoms with Crippen molar-refractivity contribution in [3.05, 3.63) is 59.6 Å². The van der Waals surface area contributed by atoms with Crippen LogP contribution in [0, 0.1) is 5.82 Å². The van der Waals surface area contributed by atoms with Gasteiger partial charge in [-0.3, -0.25) is 4.57 Å². The van der Waals surface area contributed by atoms with Gasteiger partial charge in [-0.1, -0.05) is 11.8 Å². The topological polar surface area (TPSA) is 56.7 Å². The van der Waals surface area contributed by atoms with Crippen molar-refractivity contribution in [3.8, 4) is 22.2 Å². The minimum absolute atomic E-state index is 0.243. The first-order chi connectivity index (χ1) is 12.7. The number of nitrogens with zero attached hydrogens (tertiary/aromatic N) is 4. The summed E-state index contributed by atoms with van der Waals surface area (Å²) in [4.78, 5) is 4.64. The van der Waals surface area contributed by atoms with Gasteiger partial charge in [0.1, 0.15) is 10.8 Å². The zero-order valence-corrected chi connectivity index (χ0v) is 15.6. The lowest BCUT2D eigenvalue weighted by Gasteiger charge is -2.04. The predicted octanol–water partition coefficient (Wildman–Crippen LogP) is 5.11. The van der Waals surface area contributed by atoms with Crippen LogP contribution in [0.2, 0.25) is 0 Å². The summed E-state index contributed by atoms with van der Waals surface area (Å²) in [5.74, 6) is 1.88. The molecule has 4 rings (SSSR count). The lowest BCUT2D eigenvalue weighted by Crippen LogP contribution is -1.99. The monoisotopic (exact) mass is 386 g/mol. The van der Waals surface area contributed by atoms with Gasteiger partial charge in [-0.05, 0) is 43.3 Å². The Bertz CT molecular complexity index is 993. The standard InChI is InChI=1S/C18H15FN4OS2/c1-2-23-16(15-4-3-9-24-15)21-22-18(23)26-11-14-10-25-17(20-14)12-5-7-13(19)8-6-12/h3-10H,2,11H2,1H3. The Morgan fingerprint density at radius 2 is 2.04 bits per heavy atom. The van der Waals surface area contributed by atoms with E-state index in [1.54, 1.807) is 41.5 Å². The number of halogens is 1. The first-order valence-electron chi connectivity index (χ1n) is 8.05. The summed E-state index contributed by atoms with van der Waals surface area (Å²) in [7, 11) is 0. The summed E-state index contributed by atoms with van der Waals surface area (Å²) >= 11 is 3.14. The molecule has 1 aromatic carbocycles. The predicted molar refractivity (Wildman–Crippen MR) is 100 cm³/mol. The number of hydrogen-bond acceptors (Lipinski definition) is 6. The van der Waals surface area contributed by atoms with Gasteiger partial charge in [0.05, 0.1) is 12.0 Å². The maximum absolute atomic E-state index is 13.0. The summed E-state index contributed by atoms with van der Waals surface area (Å²) in [6.07, 6.45) is 1.63. The number of hydrogen-bond donors (Lipinski definition) is 0. The molecule has 3 heterocycles. The van der Waals surface area contributed by atoms with Crippen LogP contribution < -0.4 is 0 Å². The fraction of sp³-hybridized carbons (Fsp3) is 0.167. The molecule has 132 valence electrons. The Hall–Kier alpha value is -2.45. The molecule has 0 aliphatic heterocycles. The van der Waals surface area contributed by atoms with Gasteiger partial charge in [-0.15, -0.1) is 21.5 Å². The third kappa shape index (κ3) is 3.42. The second-order valence-corrected chi connectivity index (χ2v) is 7.27. The van der Waals surface area contributed by atoms with E-state index in [0.717, 1.165) is 33.8 Å². The Labute approximate surface area is 157 Å². The molecule has 0 radical (unpaired) electrons. The molecular formula is C18H15FN4OS2. The van der Waals surface area contributed by atoms with Gasteiger partial charge in [0, 0.05) is 23.2 Å². The van der Waals surface area contributed by atoms with E-state index < -0.39 is 0 Å². The number of aromatic nitrogens is 4. The average Bonchev–Trinajstić information content (AvgIpc) is 3.40. The van der Waals surface area contributed by atoms with E-state index in [1.165, 1.54) is 12.1 Å². The highest BCUT2D eigenvalue weighted by Gasteiger charge is 2.15. The average molecular weight is 386 g/mol. The summed E-state index contributed by atoms with van der Waals surface area (Å²) in [6.45, 7) is 2.80. The van der Waals surface area contributed by atoms with E-state index in [2.05, 4.69) is 22.1 Å². The Morgan fingerprint density at radius 1 is 1.19 bits per heavy atom. The Balaban J connectivity index is 1.49.